The Morgan fingerprint density at radius 3 is 2.59 bits per heavy atom. The van der Waals surface area contributed by atoms with E-state index < -0.39 is 11.6 Å². The van der Waals surface area contributed by atoms with Crippen LogP contribution in [0.3, 0.4) is 0 Å². The fourth-order valence-electron chi connectivity index (χ4n) is 3.76. The molecule has 2 aromatic heterocycles. The minimum Gasteiger partial charge on any atom is -0.463 e. The molecule has 198 valence electrons. The van der Waals surface area contributed by atoms with E-state index in [0.717, 1.165) is 41.2 Å². The van der Waals surface area contributed by atoms with Crippen LogP contribution in [0.15, 0.2) is 47.5 Å². The standard InChI is InChI=1S/C29H35ClN2O4S/c1-6-8-11-26-31-18-23(15-22(27(33)35-7-2)16-24-10-9-14-37-24)32(26)19-21-13-12-20(17-25(21)30)28(34)36-29(3,4)5/h9-10,12-15,17-18H,6-8,11,16,19H2,1-5H3. The molecular formula is C29H35ClN2O4S. The zero-order valence-corrected chi connectivity index (χ0v) is 23.7. The summed E-state index contributed by atoms with van der Waals surface area (Å²) in [5.74, 6) is 0.168. The number of hydrogen-bond acceptors (Lipinski definition) is 6. The lowest BCUT2D eigenvalue weighted by Crippen LogP contribution is -2.23. The van der Waals surface area contributed by atoms with Gasteiger partial charge in [0.15, 0.2) is 0 Å². The maximum Gasteiger partial charge on any atom is 0.338 e. The number of benzene rings is 1. The fraction of sp³-hybridized carbons (Fsp3) is 0.414. The largest absolute Gasteiger partial charge is 0.463 e. The molecule has 0 saturated heterocycles. The molecule has 37 heavy (non-hydrogen) atoms. The first-order chi connectivity index (χ1) is 17.6. The molecule has 0 amide bonds. The van der Waals surface area contributed by atoms with E-state index in [4.69, 9.17) is 21.1 Å². The van der Waals surface area contributed by atoms with E-state index in [2.05, 4.69) is 16.5 Å². The molecule has 0 N–H and O–H groups in total. The van der Waals surface area contributed by atoms with Crippen LogP contribution in [0.25, 0.3) is 6.08 Å². The molecule has 0 spiro atoms. The maximum atomic E-state index is 12.8. The molecule has 6 nitrogen and oxygen atoms in total. The Kier molecular flexibility index (Phi) is 10.1. The lowest BCUT2D eigenvalue weighted by Gasteiger charge is -2.20. The number of imidazole rings is 1. The number of hydrogen-bond donors (Lipinski definition) is 0. The number of carbonyl (C=O) groups is 2. The maximum absolute atomic E-state index is 12.8. The summed E-state index contributed by atoms with van der Waals surface area (Å²) >= 11 is 8.24. The molecule has 3 aromatic rings. The van der Waals surface area contributed by atoms with Gasteiger partial charge in [-0.25, -0.2) is 14.6 Å². The van der Waals surface area contributed by atoms with Crippen LogP contribution in [-0.4, -0.2) is 33.7 Å². The van der Waals surface area contributed by atoms with Gasteiger partial charge in [-0.05, 0) is 69.3 Å². The van der Waals surface area contributed by atoms with Crippen LogP contribution in [0, 0.1) is 0 Å². The Labute approximate surface area is 228 Å². The number of ether oxygens (including phenoxy) is 2. The van der Waals surface area contributed by atoms with Gasteiger partial charge in [-0.2, -0.15) is 0 Å². The highest BCUT2D eigenvalue weighted by atomic mass is 35.5. The second-order valence-corrected chi connectivity index (χ2v) is 11.2. The van der Waals surface area contributed by atoms with Gasteiger partial charge < -0.3 is 14.0 Å². The van der Waals surface area contributed by atoms with E-state index in [9.17, 15) is 9.59 Å². The molecule has 0 aliphatic heterocycles. The molecule has 0 unspecified atom stereocenters. The fourth-order valence-corrected chi connectivity index (χ4v) is 4.72. The summed E-state index contributed by atoms with van der Waals surface area (Å²) < 4.78 is 12.9. The molecular weight excluding hydrogens is 508 g/mol. The lowest BCUT2D eigenvalue weighted by atomic mass is 10.1. The summed E-state index contributed by atoms with van der Waals surface area (Å²) in [5.41, 5.74) is 2.03. The van der Waals surface area contributed by atoms with Crippen LogP contribution in [-0.2, 0) is 33.7 Å². The van der Waals surface area contributed by atoms with Crippen LogP contribution >= 0.6 is 22.9 Å². The van der Waals surface area contributed by atoms with Crippen LogP contribution in [0.4, 0.5) is 0 Å². The number of aromatic nitrogens is 2. The minimum atomic E-state index is -0.589. The zero-order chi connectivity index (χ0) is 27.0. The summed E-state index contributed by atoms with van der Waals surface area (Å²) in [6.45, 7) is 10.2. The highest BCUT2D eigenvalue weighted by Crippen LogP contribution is 2.25. The van der Waals surface area contributed by atoms with Crippen LogP contribution in [0.5, 0.6) is 0 Å². The SMILES string of the molecule is CCCCc1ncc(C=C(Cc2cccs2)C(=O)OCC)n1Cc1ccc(C(=O)OC(C)(C)C)cc1Cl. The predicted octanol–water partition coefficient (Wildman–Crippen LogP) is 7.13. The zero-order valence-electron chi connectivity index (χ0n) is 22.2. The van der Waals surface area contributed by atoms with Gasteiger partial charge in [-0.1, -0.05) is 37.1 Å². The molecule has 1 aromatic carbocycles. The number of aryl methyl sites for hydroxylation is 1. The number of carbonyl (C=O) groups excluding carboxylic acids is 2. The molecule has 0 fully saturated rings. The third kappa shape index (κ3) is 8.30. The van der Waals surface area contributed by atoms with E-state index >= 15 is 0 Å². The molecule has 0 radical (unpaired) electrons. The summed E-state index contributed by atoms with van der Waals surface area (Å²) in [6.07, 6.45) is 6.97. The Hall–Kier alpha value is -2.90. The van der Waals surface area contributed by atoms with Crippen LogP contribution in [0.1, 0.15) is 79.8 Å². The van der Waals surface area contributed by atoms with Gasteiger partial charge in [0.2, 0.25) is 0 Å². The van der Waals surface area contributed by atoms with Gasteiger partial charge in [-0.15, -0.1) is 11.3 Å². The number of rotatable bonds is 11. The van der Waals surface area contributed by atoms with Crippen molar-refractivity contribution in [2.75, 3.05) is 6.61 Å². The van der Waals surface area contributed by atoms with Gasteiger partial charge in [0, 0.05) is 28.3 Å². The second-order valence-electron chi connectivity index (χ2n) is 9.74. The average molecular weight is 543 g/mol. The van der Waals surface area contributed by atoms with E-state index in [1.165, 1.54) is 0 Å². The van der Waals surface area contributed by atoms with Gasteiger partial charge in [0.1, 0.15) is 11.4 Å². The Morgan fingerprint density at radius 1 is 1.19 bits per heavy atom. The molecule has 0 bridgehead atoms. The Bertz CT molecular complexity index is 1240. The first kappa shape index (κ1) is 28.7. The third-order valence-corrected chi connectivity index (χ3v) is 6.77. The first-order valence-electron chi connectivity index (χ1n) is 12.6. The van der Waals surface area contributed by atoms with Crippen LogP contribution < -0.4 is 0 Å². The van der Waals surface area contributed by atoms with Crippen LogP contribution in [0.2, 0.25) is 5.02 Å². The van der Waals surface area contributed by atoms with Crippen molar-refractivity contribution in [2.24, 2.45) is 0 Å². The van der Waals surface area contributed by atoms with Gasteiger partial charge in [0.05, 0.1) is 30.6 Å². The average Bonchev–Trinajstić information content (AvgIpc) is 3.47. The second kappa shape index (κ2) is 13.1. The molecule has 0 aliphatic carbocycles. The van der Waals surface area contributed by atoms with E-state index in [1.807, 2.05) is 50.4 Å². The molecule has 3 rings (SSSR count). The topological polar surface area (TPSA) is 70.4 Å². The third-order valence-electron chi connectivity index (χ3n) is 5.54. The van der Waals surface area contributed by atoms with Crippen molar-refractivity contribution in [3.05, 3.63) is 80.0 Å². The summed E-state index contributed by atoms with van der Waals surface area (Å²) in [5, 5.41) is 2.46. The van der Waals surface area contributed by atoms with Gasteiger partial charge in [0.25, 0.3) is 0 Å². The van der Waals surface area contributed by atoms with Crippen molar-refractivity contribution >= 4 is 41.0 Å². The molecule has 0 aliphatic rings. The van der Waals surface area contributed by atoms with Crippen molar-refractivity contribution in [3.8, 4) is 0 Å². The molecule has 2 heterocycles. The summed E-state index contributed by atoms with van der Waals surface area (Å²) in [4.78, 5) is 31.0. The summed E-state index contributed by atoms with van der Waals surface area (Å²) in [6, 6.07) is 9.20. The normalized spacial score (nSPS) is 12.0. The predicted molar refractivity (Wildman–Crippen MR) is 149 cm³/mol. The Morgan fingerprint density at radius 2 is 1.97 bits per heavy atom. The molecule has 0 atom stereocenters. The number of thiophene rings is 1. The molecule has 8 heteroatoms. The number of unbranched alkanes of at least 4 members (excludes halogenated alkanes) is 1. The Balaban J connectivity index is 1.96. The van der Waals surface area contributed by atoms with E-state index in [0.29, 0.717) is 35.7 Å². The monoisotopic (exact) mass is 542 g/mol. The quantitative estimate of drug-likeness (QED) is 0.190. The number of halogens is 1. The highest BCUT2D eigenvalue weighted by molar-refractivity contribution is 7.09. The minimum absolute atomic E-state index is 0.307. The highest BCUT2D eigenvalue weighted by Gasteiger charge is 2.20. The number of nitrogens with zero attached hydrogens (tertiary/aromatic N) is 2. The van der Waals surface area contributed by atoms with E-state index in [-0.39, 0.29) is 5.97 Å². The van der Waals surface area contributed by atoms with Crippen molar-refractivity contribution in [1.29, 1.82) is 0 Å². The first-order valence-corrected chi connectivity index (χ1v) is 13.8. The van der Waals surface area contributed by atoms with Crippen molar-refractivity contribution in [1.82, 2.24) is 9.55 Å². The summed E-state index contributed by atoms with van der Waals surface area (Å²) in [7, 11) is 0. The van der Waals surface area contributed by atoms with Crippen molar-refractivity contribution in [3.63, 3.8) is 0 Å². The van der Waals surface area contributed by atoms with Gasteiger partial charge >= 0.3 is 11.9 Å². The lowest BCUT2D eigenvalue weighted by molar-refractivity contribution is -0.138. The van der Waals surface area contributed by atoms with Crippen molar-refractivity contribution < 1.29 is 19.1 Å². The van der Waals surface area contributed by atoms with Crippen molar-refractivity contribution in [2.45, 2.75) is 72.4 Å². The molecule has 0 saturated carbocycles. The van der Waals surface area contributed by atoms with E-state index in [1.54, 1.807) is 36.6 Å². The van der Waals surface area contributed by atoms with Gasteiger partial charge in [-0.3, -0.25) is 0 Å². The smallest absolute Gasteiger partial charge is 0.338 e. The number of esters is 2.